The summed E-state index contributed by atoms with van der Waals surface area (Å²) in [6, 6.07) is 11.3. The van der Waals surface area contributed by atoms with Crippen molar-refractivity contribution in [1.29, 1.82) is 0 Å². The van der Waals surface area contributed by atoms with Crippen LogP contribution < -0.4 is 0 Å². The van der Waals surface area contributed by atoms with Gasteiger partial charge in [-0.15, -0.1) is 0 Å². The first-order valence-electron chi connectivity index (χ1n) is 10.6. The van der Waals surface area contributed by atoms with Gasteiger partial charge in [-0.3, -0.25) is 19.2 Å². The van der Waals surface area contributed by atoms with Crippen LogP contribution in [0.3, 0.4) is 0 Å². The molecule has 2 fully saturated rings. The van der Waals surface area contributed by atoms with Gasteiger partial charge in [0.15, 0.2) is 5.78 Å². The summed E-state index contributed by atoms with van der Waals surface area (Å²) in [6.07, 6.45) is 2.93. The Kier molecular flexibility index (Phi) is 6.35. The number of halogens is 2. The van der Waals surface area contributed by atoms with Gasteiger partial charge in [0.2, 0.25) is 0 Å². The molecule has 0 unspecified atom stereocenters. The summed E-state index contributed by atoms with van der Waals surface area (Å²) >= 11 is 11.9. The molecule has 0 bridgehead atoms. The lowest BCUT2D eigenvalue weighted by atomic mass is 9.81. The van der Waals surface area contributed by atoms with Crippen LogP contribution in [0.15, 0.2) is 48.5 Å². The Balaban J connectivity index is 1.74. The first-order valence-corrected chi connectivity index (χ1v) is 11.3. The molecule has 0 aromatic heterocycles. The molecule has 8 heteroatoms. The topological polar surface area (TPSA) is 74.8 Å². The van der Waals surface area contributed by atoms with E-state index in [0.717, 1.165) is 22.9 Å². The average Bonchev–Trinajstić information content (AvgIpc) is 3.05. The molecule has 3 atom stereocenters. The van der Waals surface area contributed by atoms with Gasteiger partial charge in [0.25, 0.3) is 17.7 Å². The van der Waals surface area contributed by atoms with Crippen molar-refractivity contribution in [3.05, 3.63) is 69.7 Å². The fourth-order valence-corrected chi connectivity index (χ4v) is 4.74. The van der Waals surface area contributed by atoms with Crippen LogP contribution in [0.4, 0.5) is 0 Å². The lowest BCUT2D eigenvalue weighted by Crippen LogP contribution is -2.56. The molecule has 2 aliphatic rings. The monoisotopic (exact) mass is 472 g/mol. The van der Waals surface area contributed by atoms with Crippen LogP contribution in [0.25, 0.3) is 0 Å². The molecular weight excluding hydrogens is 451 g/mol. The van der Waals surface area contributed by atoms with Crippen LogP contribution in [-0.4, -0.2) is 39.6 Å². The number of nitrogens with zero attached hydrogens (tertiary/aromatic N) is 2. The smallest absolute Gasteiger partial charge is 0.273 e. The van der Waals surface area contributed by atoms with Crippen LogP contribution in [0.5, 0.6) is 0 Å². The second-order valence-electron chi connectivity index (χ2n) is 8.19. The van der Waals surface area contributed by atoms with Gasteiger partial charge >= 0.3 is 0 Å². The van der Waals surface area contributed by atoms with Crippen molar-refractivity contribution < 1.29 is 19.2 Å². The van der Waals surface area contributed by atoms with E-state index < -0.39 is 41.4 Å². The molecule has 1 saturated carbocycles. The first-order chi connectivity index (χ1) is 15.3. The third kappa shape index (κ3) is 4.05. The molecule has 2 aromatic carbocycles. The maximum Gasteiger partial charge on any atom is 0.273 e. The van der Waals surface area contributed by atoms with Crippen LogP contribution in [0, 0.1) is 11.8 Å². The lowest BCUT2D eigenvalue weighted by Gasteiger charge is -2.34. The predicted octanol–water partition coefficient (Wildman–Crippen LogP) is 4.80. The second kappa shape index (κ2) is 9.04. The Morgan fingerprint density at radius 3 is 1.75 bits per heavy atom. The first kappa shape index (κ1) is 22.5. The molecule has 0 N–H and O–H groups in total. The van der Waals surface area contributed by atoms with Crippen LogP contribution in [0.1, 0.15) is 53.3 Å². The van der Waals surface area contributed by atoms with Gasteiger partial charge in [-0.2, -0.15) is 5.01 Å². The van der Waals surface area contributed by atoms with Crippen LogP contribution in [-0.2, 0) is 9.59 Å². The lowest BCUT2D eigenvalue weighted by molar-refractivity contribution is -0.156. The summed E-state index contributed by atoms with van der Waals surface area (Å²) in [6.45, 7) is 1.52. The Morgan fingerprint density at radius 2 is 1.28 bits per heavy atom. The summed E-state index contributed by atoms with van der Waals surface area (Å²) in [5.41, 5.74) is 0.549. The number of fused-ring (bicyclic) bond motifs is 1. The van der Waals surface area contributed by atoms with E-state index in [2.05, 4.69) is 0 Å². The Hall–Kier alpha value is -2.70. The number of rotatable bonds is 5. The van der Waals surface area contributed by atoms with E-state index in [1.807, 2.05) is 0 Å². The minimum Gasteiger partial charge on any atom is -0.292 e. The quantitative estimate of drug-likeness (QED) is 0.462. The predicted molar refractivity (Wildman–Crippen MR) is 120 cm³/mol. The maximum absolute atomic E-state index is 13.5. The minimum atomic E-state index is -1.09. The fourth-order valence-electron chi connectivity index (χ4n) is 4.49. The van der Waals surface area contributed by atoms with Crippen molar-refractivity contribution in [1.82, 2.24) is 10.0 Å². The molecule has 1 heterocycles. The van der Waals surface area contributed by atoms with Crippen molar-refractivity contribution in [3.8, 4) is 0 Å². The zero-order valence-corrected chi connectivity index (χ0v) is 19.0. The number of hydrogen-bond acceptors (Lipinski definition) is 4. The van der Waals surface area contributed by atoms with E-state index in [1.165, 1.54) is 19.1 Å². The SMILES string of the molecule is C[C@H](C(=O)c1ccc(Cl)cc1)N(C(=O)c1ccc(Cl)cc1)N1C(=O)[C@H]2CCCC[C@H]2C1=O. The molecule has 6 nitrogen and oxygen atoms in total. The number of Topliss-reactive ketones (excluding diaryl/α,β-unsaturated/α-hetero) is 1. The summed E-state index contributed by atoms with van der Waals surface area (Å²) in [5, 5.41) is 2.84. The molecule has 1 aliphatic heterocycles. The third-order valence-electron chi connectivity index (χ3n) is 6.21. The highest BCUT2D eigenvalue weighted by molar-refractivity contribution is 6.31. The Morgan fingerprint density at radius 1 is 0.844 bits per heavy atom. The highest BCUT2D eigenvalue weighted by Crippen LogP contribution is 2.39. The molecule has 0 radical (unpaired) electrons. The van der Waals surface area contributed by atoms with Crippen LogP contribution in [0.2, 0.25) is 10.0 Å². The van der Waals surface area contributed by atoms with Gasteiger partial charge < -0.3 is 0 Å². The Labute approximate surface area is 196 Å². The average molecular weight is 473 g/mol. The number of amides is 3. The Bertz CT molecular complexity index is 1040. The molecule has 4 rings (SSSR count). The van der Waals surface area contributed by atoms with E-state index in [1.54, 1.807) is 36.4 Å². The number of ketones is 1. The van der Waals surface area contributed by atoms with E-state index in [4.69, 9.17) is 23.2 Å². The number of carbonyl (C=O) groups excluding carboxylic acids is 4. The highest BCUT2D eigenvalue weighted by Gasteiger charge is 2.53. The van der Waals surface area contributed by atoms with E-state index in [9.17, 15) is 19.2 Å². The zero-order chi connectivity index (χ0) is 23.0. The highest BCUT2D eigenvalue weighted by atomic mass is 35.5. The summed E-state index contributed by atoms with van der Waals surface area (Å²) in [4.78, 5) is 53.3. The van der Waals surface area contributed by atoms with Gasteiger partial charge in [0.05, 0.1) is 11.8 Å². The molecule has 32 heavy (non-hydrogen) atoms. The number of benzene rings is 2. The van der Waals surface area contributed by atoms with Crippen LogP contribution >= 0.6 is 23.2 Å². The zero-order valence-electron chi connectivity index (χ0n) is 17.5. The molecule has 1 saturated heterocycles. The van der Waals surface area contributed by atoms with Crippen molar-refractivity contribution in [2.75, 3.05) is 0 Å². The molecule has 166 valence electrons. The molecular formula is C24H22Cl2N2O4. The van der Waals surface area contributed by atoms with Gasteiger partial charge in [0.1, 0.15) is 6.04 Å². The van der Waals surface area contributed by atoms with Gasteiger partial charge in [-0.25, -0.2) is 5.01 Å². The van der Waals surface area contributed by atoms with Crippen molar-refractivity contribution in [3.63, 3.8) is 0 Å². The van der Waals surface area contributed by atoms with Crippen molar-refractivity contribution in [2.24, 2.45) is 11.8 Å². The van der Waals surface area contributed by atoms with Gasteiger partial charge in [-0.1, -0.05) is 36.0 Å². The summed E-state index contributed by atoms with van der Waals surface area (Å²) < 4.78 is 0. The molecule has 1 aliphatic carbocycles. The van der Waals surface area contributed by atoms with Crippen molar-refractivity contribution in [2.45, 2.75) is 38.6 Å². The maximum atomic E-state index is 13.5. The van der Waals surface area contributed by atoms with E-state index in [-0.39, 0.29) is 5.56 Å². The summed E-state index contributed by atoms with van der Waals surface area (Å²) in [5.74, 6) is -2.75. The van der Waals surface area contributed by atoms with Crippen molar-refractivity contribution >= 4 is 46.7 Å². The number of hydrazine groups is 1. The third-order valence-corrected chi connectivity index (χ3v) is 6.71. The molecule has 2 aromatic rings. The molecule has 0 spiro atoms. The van der Waals surface area contributed by atoms with Gasteiger partial charge in [0, 0.05) is 21.2 Å². The molecule has 3 amide bonds. The standard InChI is InChI=1S/C24H22Cl2N2O4/c1-14(21(29)15-6-10-17(25)11-7-15)27(22(30)16-8-12-18(26)13-9-16)28-23(31)19-4-2-3-5-20(19)24(28)32/h6-14,19-20H,2-5H2,1H3/t14-,19-,20+/m1/s1. The van der Waals surface area contributed by atoms with E-state index in [0.29, 0.717) is 28.5 Å². The summed E-state index contributed by atoms with van der Waals surface area (Å²) in [7, 11) is 0. The van der Waals surface area contributed by atoms with Gasteiger partial charge in [-0.05, 0) is 68.3 Å². The number of hydrogen-bond donors (Lipinski definition) is 0. The fraction of sp³-hybridized carbons (Fsp3) is 0.333. The van der Waals surface area contributed by atoms with E-state index >= 15 is 0 Å². The number of carbonyl (C=O) groups is 4. The normalized spacial score (nSPS) is 21.3. The largest absolute Gasteiger partial charge is 0.292 e. The minimum absolute atomic E-state index is 0.223. The number of imide groups is 1. The second-order valence-corrected chi connectivity index (χ2v) is 9.06.